The Kier molecular flexibility index (Phi) is 4.91. The van der Waals surface area contributed by atoms with E-state index in [9.17, 15) is 9.59 Å². The number of likely N-dealkylation sites (tertiary alicyclic amines) is 1. The first-order chi connectivity index (χ1) is 13.0. The van der Waals surface area contributed by atoms with Crippen LogP contribution in [0.3, 0.4) is 0 Å². The second-order valence-electron chi connectivity index (χ2n) is 7.55. The summed E-state index contributed by atoms with van der Waals surface area (Å²) < 4.78 is 1.78. The Labute approximate surface area is 163 Å². The highest BCUT2D eigenvalue weighted by atomic mass is 35.5. The molecule has 2 aromatic rings. The summed E-state index contributed by atoms with van der Waals surface area (Å²) in [7, 11) is 0. The minimum atomic E-state index is -0.387. The van der Waals surface area contributed by atoms with Gasteiger partial charge < -0.3 is 10.2 Å². The van der Waals surface area contributed by atoms with Crippen LogP contribution >= 0.6 is 11.6 Å². The number of nitrogens with zero attached hydrogens (tertiary/aromatic N) is 3. The van der Waals surface area contributed by atoms with Gasteiger partial charge in [0.05, 0.1) is 18.7 Å². The summed E-state index contributed by atoms with van der Waals surface area (Å²) in [6.45, 7) is 4.22. The van der Waals surface area contributed by atoms with E-state index in [-0.39, 0.29) is 24.2 Å². The lowest BCUT2D eigenvalue weighted by molar-refractivity contribution is -0.136. The molecule has 1 N–H and O–H groups in total. The number of carbonyl (C=O) groups excluding carboxylic acids is 2. The van der Waals surface area contributed by atoms with E-state index in [1.165, 1.54) is 0 Å². The van der Waals surface area contributed by atoms with E-state index in [0.29, 0.717) is 23.3 Å². The van der Waals surface area contributed by atoms with Gasteiger partial charge in [-0.3, -0.25) is 9.59 Å². The molecule has 0 radical (unpaired) electrons. The Morgan fingerprint density at radius 2 is 1.96 bits per heavy atom. The van der Waals surface area contributed by atoms with Crippen LogP contribution in [0.2, 0.25) is 5.02 Å². The van der Waals surface area contributed by atoms with Gasteiger partial charge in [0.15, 0.2) is 0 Å². The zero-order valence-electron chi connectivity index (χ0n) is 15.3. The standard InChI is InChI=1S/C20H23ClN4O2/c1-13-6-8-24(9-7-13)18(26)10-15-12-25-19(23-20(15)27)17(11-22-25)14-2-4-16(21)5-3-14/h2-5,11,13,15H,6-10,12H2,1H3,(H,23,27)/t15-/m1/s1. The fourth-order valence-electron chi connectivity index (χ4n) is 3.76. The Hall–Kier alpha value is -2.34. The number of carbonyl (C=O) groups is 2. The molecule has 1 fully saturated rings. The summed E-state index contributed by atoms with van der Waals surface area (Å²) in [6, 6.07) is 7.43. The molecule has 142 valence electrons. The fourth-order valence-corrected chi connectivity index (χ4v) is 3.89. The molecule has 0 unspecified atom stereocenters. The van der Waals surface area contributed by atoms with Crippen LogP contribution in [-0.4, -0.2) is 39.6 Å². The zero-order valence-corrected chi connectivity index (χ0v) is 16.1. The molecule has 7 heteroatoms. The van der Waals surface area contributed by atoms with E-state index in [0.717, 1.165) is 37.1 Å². The summed E-state index contributed by atoms with van der Waals surface area (Å²) in [5.74, 6) is 0.914. The second kappa shape index (κ2) is 7.35. The molecule has 1 atom stereocenters. The van der Waals surface area contributed by atoms with Crippen LogP contribution < -0.4 is 5.32 Å². The van der Waals surface area contributed by atoms with Crippen molar-refractivity contribution in [2.24, 2.45) is 11.8 Å². The molecule has 6 nitrogen and oxygen atoms in total. The molecule has 1 saturated heterocycles. The number of hydrogen-bond acceptors (Lipinski definition) is 3. The second-order valence-corrected chi connectivity index (χ2v) is 7.99. The Morgan fingerprint density at radius 1 is 1.26 bits per heavy atom. The van der Waals surface area contributed by atoms with Gasteiger partial charge in [-0.25, -0.2) is 4.68 Å². The molecule has 2 aliphatic rings. The maximum absolute atomic E-state index is 12.6. The number of benzene rings is 1. The first-order valence-electron chi connectivity index (χ1n) is 9.41. The predicted molar refractivity (Wildman–Crippen MR) is 104 cm³/mol. The molecule has 1 aromatic carbocycles. The quantitative estimate of drug-likeness (QED) is 0.878. The zero-order chi connectivity index (χ0) is 19.0. The highest BCUT2D eigenvalue weighted by Crippen LogP contribution is 2.32. The molecule has 2 aliphatic heterocycles. The number of halogens is 1. The lowest BCUT2D eigenvalue weighted by Crippen LogP contribution is -2.42. The predicted octanol–water partition coefficient (Wildman–Crippen LogP) is 3.42. The fraction of sp³-hybridized carbons (Fsp3) is 0.450. The van der Waals surface area contributed by atoms with Crippen molar-refractivity contribution in [2.75, 3.05) is 18.4 Å². The van der Waals surface area contributed by atoms with Gasteiger partial charge in [0, 0.05) is 30.1 Å². The number of amides is 2. The van der Waals surface area contributed by atoms with E-state index in [1.54, 1.807) is 10.9 Å². The van der Waals surface area contributed by atoms with Gasteiger partial charge >= 0.3 is 0 Å². The minimum absolute atomic E-state index is 0.0654. The monoisotopic (exact) mass is 386 g/mol. The largest absolute Gasteiger partial charge is 0.343 e. The number of nitrogens with one attached hydrogen (secondary N) is 1. The topological polar surface area (TPSA) is 67.2 Å². The van der Waals surface area contributed by atoms with Gasteiger partial charge in [-0.1, -0.05) is 30.7 Å². The first-order valence-corrected chi connectivity index (χ1v) is 9.79. The smallest absolute Gasteiger partial charge is 0.231 e. The summed E-state index contributed by atoms with van der Waals surface area (Å²) >= 11 is 5.95. The highest BCUT2D eigenvalue weighted by molar-refractivity contribution is 6.30. The van der Waals surface area contributed by atoms with Crippen LogP contribution in [0.25, 0.3) is 11.1 Å². The summed E-state index contributed by atoms with van der Waals surface area (Å²) in [5.41, 5.74) is 1.80. The van der Waals surface area contributed by atoms with Gasteiger partial charge in [-0.05, 0) is 36.5 Å². The lowest BCUT2D eigenvalue weighted by atomic mass is 9.97. The molecule has 0 saturated carbocycles. The number of piperidine rings is 1. The maximum atomic E-state index is 12.6. The molecular formula is C20H23ClN4O2. The van der Waals surface area contributed by atoms with Crippen LogP contribution in [0, 0.1) is 11.8 Å². The van der Waals surface area contributed by atoms with E-state index < -0.39 is 0 Å². The summed E-state index contributed by atoms with van der Waals surface area (Å²) in [4.78, 5) is 27.1. The van der Waals surface area contributed by atoms with Crippen molar-refractivity contribution < 1.29 is 9.59 Å². The first kappa shape index (κ1) is 18.0. The number of hydrogen-bond donors (Lipinski definition) is 1. The van der Waals surface area contributed by atoms with Crippen LogP contribution in [0.5, 0.6) is 0 Å². The van der Waals surface area contributed by atoms with E-state index >= 15 is 0 Å². The van der Waals surface area contributed by atoms with Crippen LogP contribution in [-0.2, 0) is 16.1 Å². The molecule has 1 aromatic heterocycles. The lowest BCUT2D eigenvalue weighted by Gasteiger charge is -2.32. The Bertz CT molecular complexity index is 853. The Morgan fingerprint density at radius 3 is 2.67 bits per heavy atom. The van der Waals surface area contributed by atoms with Gasteiger partial charge in [-0.2, -0.15) is 5.10 Å². The summed E-state index contributed by atoms with van der Waals surface area (Å²) in [5, 5.41) is 8.02. The summed E-state index contributed by atoms with van der Waals surface area (Å²) in [6.07, 6.45) is 4.05. The third-order valence-electron chi connectivity index (χ3n) is 5.56. The minimum Gasteiger partial charge on any atom is -0.343 e. The number of rotatable bonds is 3. The van der Waals surface area contributed by atoms with Crippen molar-refractivity contribution in [3.8, 4) is 11.1 Å². The third-order valence-corrected chi connectivity index (χ3v) is 5.81. The van der Waals surface area contributed by atoms with Crippen molar-refractivity contribution in [1.82, 2.24) is 14.7 Å². The van der Waals surface area contributed by atoms with Crippen molar-refractivity contribution in [2.45, 2.75) is 32.7 Å². The molecule has 0 aliphatic carbocycles. The van der Waals surface area contributed by atoms with Crippen LogP contribution in [0.1, 0.15) is 26.2 Å². The normalized spacial score (nSPS) is 20.3. The van der Waals surface area contributed by atoms with E-state index in [4.69, 9.17) is 11.6 Å². The number of anilines is 1. The Balaban J connectivity index is 1.47. The maximum Gasteiger partial charge on any atom is 0.231 e. The molecule has 27 heavy (non-hydrogen) atoms. The van der Waals surface area contributed by atoms with Gasteiger partial charge in [-0.15, -0.1) is 0 Å². The van der Waals surface area contributed by atoms with Gasteiger partial charge in [0.2, 0.25) is 11.8 Å². The van der Waals surface area contributed by atoms with Crippen molar-refractivity contribution in [3.05, 3.63) is 35.5 Å². The third kappa shape index (κ3) is 3.72. The molecule has 0 bridgehead atoms. The highest BCUT2D eigenvalue weighted by Gasteiger charge is 2.32. The van der Waals surface area contributed by atoms with Gasteiger partial charge in [0.1, 0.15) is 5.82 Å². The van der Waals surface area contributed by atoms with Gasteiger partial charge in [0.25, 0.3) is 0 Å². The molecular weight excluding hydrogens is 364 g/mol. The van der Waals surface area contributed by atoms with E-state index in [2.05, 4.69) is 17.3 Å². The average molecular weight is 387 g/mol. The van der Waals surface area contributed by atoms with Crippen LogP contribution in [0.4, 0.5) is 5.82 Å². The molecule has 3 heterocycles. The molecule has 4 rings (SSSR count). The van der Waals surface area contributed by atoms with Crippen molar-refractivity contribution in [3.63, 3.8) is 0 Å². The van der Waals surface area contributed by atoms with Crippen LogP contribution in [0.15, 0.2) is 30.5 Å². The van der Waals surface area contributed by atoms with E-state index in [1.807, 2.05) is 29.2 Å². The van der Waals surface area contributed by atoms with Crippen molar-refractivity contribution >= 4 is 29.2 Å². The molecule has 0 spiro atoms. The molecule has 2 amide bonds. The van der Waals surface area contributed by atoms with Crippen molar-refractivity contribution in [1.29, 1.82) is 0 Å². The number of aromatic nitrogens is 2. The number of fused-ring (bicyclic) bond motifs is 1. The average Bonchev–Trinajstić information content (AvgIpc) is 3.06. The SMILES string of the molecule is CC1CCN(C(=O)C[C@@H]2Cn3ncc(-c4ccc(Cl)cc4)c3NC2=O)CC1.